The monoisotopic (exact) mass is 322 g/mol. The van der Waals surface area contributed by atoms with Crippen LogP contribution < -0.4 is 4.90 Å². The number of carbonyl (C=O) groups excluding carboxylic acids is 1. The molecule has 0 N–H and O–H groups in total. The fraction of sp³-hybridized carbons (Fsp3) is 0.562. The SMILES string of the molecule is CC1CN(CC(=O)N2c3ccccc3CCC2C)S(=O)(=O)C1. The number of carbonyl (C=O) groups is 1. The molecule has 2 aliphatic heterocycles. The average molecular weight is 322 g/mol. The van der Waals surface area contributed by atoms with E-state index in [0.29, 0.717) is 6.54 Å². The lowest BCUT2D eigenvalue weighted by Crippen LogP contribution is -2.47. The van der Waals surface area contributed by atoms with Crippen LogP contribution in [0.4, 0.5) is 5.69 Å². The highest BCUT2D eigenvalue weighted by Gasteiger charge is 2.37. The second kappa shape index (κ2) is 5.66. The second-order valence-corrected chi connectivity index (χ2v) is 8.47. The van der Waals surface area contributed by atoms with Crippen molar-refractivity contribution in [1.82, 2.24) is 4.31 Å². The summed E-state index contributed by atoms with van der Waals surface area (Å²) in [4.78, 5) is 14.5. The fourth-order valence-electron chi connectivity index (χ4n) is 3.44. The fourth-order valence-corrected chi connectivity index (χ4v) is 5.26. The first-order valence-corrected chi connectivity index (χ1v) is 9.37. The van der Waals surface area contributed by atoms with Crippen molar-refractivity contribution in [3.8, 4) is 0 Å². The van der Waals surface area contributed by atoms with Crippen LogP contribution in [0.15, 0.2) is 24.3 Å². The summed E-state index contributed by atoms with van der Waals surface area (Å²) < 4.78 is 25.5. The number of nitrogens with zero attached hydrogens (tertiary/aromatic N) is 2. The molecule has 5 nitrogen and oxygen atoms in total. The number of benzene rings is 1. The van der Waals surface area contributed by atoms with Gasteiger partial charge in [0.25, 0.3) is 0 Å². The molecule has 0 radical (unpaired) electrons. The summed E-state index contributed by atoms with van der Waals surface area (Å²) in [6.07, 6.45) is 1.87. The number of amides is 1. The molecule has 0 saturated carbocycles. The molecule has 120 valence electrons. The molecule has 1 saturated heterocycles. The van der Waals surface area contributed by atoms with Crippen molar-refractivity contribution >= 4 is 21.6 Å². The van der Waals surface area contributed by atoms with Gasteiger partial charge in [0, 0.05) is 18.3 Å². The van der Waals surface area contributed by atoms with E-state index in [1.165, 1.54) is 4.31 Å². The first-order valence-electron chi connectivity index (χ1n) is 7.76. The van der Waals surface area contributed by atoms with Gasteiger partial charge in [0.15, 0.2) is 0 Å². The summed E-state index contributed by atoms with van der Waals surface area (Å²) in [6.45, 7) is 4.32. The molecule has 2 heterocycles. The van der Waals surface area contributed by atoms with Crippen molar-refractivity contribution in [2.45, 2.75) is 32.7 Å². The van der Waals surface area contributed by atoms with Crippen LogP contribution in [0.5, 0.6) is 0 Å². The zero-order valence-electron chi connectivity index (χ0n) is 13.0. The van der Waals surface area contributed by atoms with E-state index in [0.717, 1.165) is 24.1 Å². The van der Waals surface area contributed by atoms with Gasteiger partial charge in [0.2, 0.25) is 15.9 Å². The zero-order valence-corrected chi connectivity index (χ0v) is 13.8. The molecule has 6 heteroatoms. The Morgan fingerprint density at radius 2 is 2.00 bits per heavy atom. The molecular weight excluding hydrogens is 300 g/mol. The third-order valence-corrected chi connectivity index (χ3v) is 6.56. The lowest BCUT2D eigenvalue weighted by atomic mass is 9.96. The molecule has 0 bridgehead atoms. The van der Waals surface area contributed by atoms with E-state index in [9.17, 15) is 13.2 Å². The van der Waals surface area contributed by atoms with Crippen molar-refractivity contribution in [2.24, 2.45) is 5.92 Å². The predicted molar refractivity (Wildman–Crippen MR) is 86.2 cm³/mol. The van der Waals surface area contributed by atoms with Crippen LogP contribution in [0.2, 0.25) is 0 Å². The van der Waals surface area contributed by atoms with Crippen molar-refractivity contribution in [2.75, 3.05) is 23.7 Å². The lowest BCUT2D eigenvalue weighted by Gasteiger charge is -2.36. The molecule has 0 spiro atoms. The van der Waals surface area contributed by atoms with E-state index in [1.54, 1.807) is 4.90 Å². The zero-order chi connectivity index (χ0) is 15.9. The number of hydrogen-bond donors (Lipinski definition) is 0. The summed E-state index contributed by atoms with van der Waals surface area (Å²) in [5.41, 5.74) is 2.09. The smallest absolute Gasteiger partial charge is 0.242 e. The minimum absolute atomic E-state index is 0.0503. The molecule has 2 aliphatic rings. The molecule has 0 aliphatic carbocycles. The summed E-state index contributed by atoms with van der Waals surface area (Å²) >= 11 is 0. The summed E-state index contributed by atoms with van der Waals surface area (Å²) in [7, 11) is -3.28. The minimum atomic E-state index is -3.28. The van der Waals surface area contributed by atoms with Crippen LogP contribution in [0.3, 0.4) is 0 Å². The lowest BCUT2D eigenvalue weighted by molar-refractivity contribution is -0.119. The van der Waals surface area contributed by atoms with Crippen LogP contribution in [0, 0.1) is 5.92 Å². The van der Waals surface area contributed by atoms with Crippen molar-refractivity contribution in [3.63, 3.8) is 0 Å². The van der Waals surface area contributed by atoms with E-state index in [2.05, 4.69) is 0 Å². The van der Waals surface area contributed by atoms with E-state index in [-0.39, 0.29) is 30.2 Å². The van der Waals surface area contributed by atoms with Crippen LogP contribution in [-0.2, 0) is 21.2 Å². The normalized spacial score (nSPS) is 27.6. The van der Waals surface area contributed by atoms with Crippen molar-refractivity contribution in [3.05, 3.63) is 29.8 Å². The summed E-state index contributed by atoms with van der Waals surface area (Å²) in [6, 6.07) is 7.99. The third kappa shape index (κ3) is 2.77. The van der Waals surface area contributed by atoms with Crippen LogP contribution in [0.1, 0.15) is 25.8 Å². The number of rotatable bonds is 2. The molecule has 1 aromatic carbocycles. The largest absolute Gasteiger partial charge is 0.308 e. The number of para-hydroxylation sites is 1. The average Bonchev–Trinajstić information content (AvgIpc) is 2.70. The maximum atomic E-state index is 12.7. The number of aryl methyl sites for hydroxylation is 1. The predicted octanol–water partition coefficient (Wildman–Crippen LogP) is 1.64. The maximum Gasteiger partial charge on any atom is 0.242 e. The van der Waals surface area contributed by atoms with Gasteiger partial charge in [0.05, 0.1) is 12.3 Å². The van der Waals surface area contributed by atoms with E-state index in [1.807, 2.05) is 38.1 Å². The Balaban J connectivity index is 1.83. The molecule has 1 fully saturated rings. The summed E-state index contributed by atoms with van der Waals surface area (Å²) in [5, 5.41) is 0. The second-order valence-electron chi connectivity index (χ2n) is 6.46. The van der Waals surface area contributed by atoms with Crippen LogP contribution >= 0.6 is 0 Å². The number of hydrogen-bond acceptors (Lipinski definition) is 3. The Bertz CT molecular complexity index is 686. The van der Waals surface area contributed by atoms with Gasteiger partial charge in [-0.3, -0.25) is 4.79 Å². The van der Waals surface area contributed by atoms with E-state index in [4.69, 9.17) is 0 Å². The highest BCUT2D eigenvalue weighted by atomic mass is 32.2. The van der Waals surface area contributed by atoms with E-state index >= 15 is 0 Å². The van der Waals surface area contributed by atoms with Gasteiger partial charge in [-0.2, -0.15) is 4.31 Å². The van der Waals surface area contributed by atoms with Gasteiger partial charge in [-0.1, -0.05) is 25.1 Å². The topological polar surface area (TPSA) is 57.7 Å². The Labute approximate surface area is 132 Å². The molecule has 0 aromatic heterocycles. The molecule has 2 atom stereocenters. The van der Waals surface area contributed by atoms with E-state index < -0.39 is 10.0 Å². The Hall–Kier alpha value is -1.40. The van der Waals surface area contributed by atoms with Gasteiger partial charge in [-0.05, 0) is 37.3 Å². The molecule has 1 aromatic rings. The Morgan fingerprint density at radius 1 is 1.27 bits per heavy atom. The number of fused-ring (bicyclic) bond motifs is 1. The Morgan fingerprint density at radius 3 is 2.68 bits per heavy atom. The Kier molecular flexibility index (Phi) is 3.99. The first-order chi connectivity index (χ1) is 10.4. The summed E-state index contributed by atoms with van der Waals surface area (Å²) in [5.74, 6) is 0.105. The molecular formula is C16H22N2O3S. The molecule has 22 heavy (non-hydrogen) atoms. The third-order valence-electron chi connectivity index (χ3n) is 4.51. The minimum Gasteiger partial charge on any atom is -0.308 e. The van der Waals surface area contributed by atoms with Crippen molar-refractivity contribution < 1.29 is 13.2 Å². The maximum absolute atomic E-state index is 12.7. The van der Waals surface area contributed by atoms with Gasteiger partial charge >= 0.3 is 0 Å². The molecule has 1 amide bonds. The molecule has 2 unspecified atom stereocenters. The van der Waals surface area contributed by atoms with Crippen molar-refractivity contribution in [1.29, 1.82) is 0 Å². The number of anilines is 1. The van der Waals surface area contributed by atoms with Crippen LogP contribution in [0.25, 0.3) is 0 Å². The standard InChI is InChI=1S/C16H22N2O3S/c1-12-9-17(22(20,21)11-12)10-16(19)18-13(2)7-8-14-5-3-4-6-15(14)18/h3-6,12-13H,7-11H2,1-2H3. The highest BCUT2D eigenvalue weighted by molar-refractivity contribution is 7.89. The number of sulfonamides is 1. The van der Waals surface area contributed by atoms with Gasteiger partial charge in [0.1, 0.15) is 0 Å². The van der Waals surface area contributed by atoms with Gasteiger partial charge < -0.3 is 4.90 Å². The van der Waals surface area contributed by atoms with Crippen LogP contribution in [-0.4, -0.2) is 43.5 Å². The van der Waals surface area contributed by atoms with Gasteiger partial charge in [-0.25, -0.2) is 8.42 Å². The molecule has 3 rings (SSSR count). The van der Waals surface area contributed by atoms with Gasteiger partial charge in [-0.15, -0.1) is 0 Å². The highest BCUT2D eigenvalue weighted by Crippen LogP contribution is 2.31. The quantitative estimate of drug-likeness (QED) is 0.832. The first kappa shape index (κ1) is 15.5.